The first kappa shape index (κ1) is 9.89. The van der Waals surface area contributed by atoms with Crippen molar-refractivity contribution < 1.29 is 17.9 Å². The first-order valence-electron chi connectivity index (χ1n) is 3.58. The number of halogens is 3. The second-order valence-corrected chi connectivity index (χ2v) is 2.43. The molecule has 0 aliphatic rings. The molecular formula is C9H8F3O. The molecule has 0 heterocycles. The van der Waals surface area contributed by atoms with Crippen LogP contribution in [0.15, 0.2) is 24.3 Å². The maximum absolute atomic E-state index is 11.9. The smallest absolute Gasteiger partial charge is 0.396 e. The van der Waals surface area contributed by atoms with Gasteiger partial charge in [0.2, 0.25) is 0 Å². The normalized spacial score (nSPS) is 11.4. The zero-order chi connectivity index (χ0) is 9.90. The summed E-state index contributed by atoms with van der Waals surface area (Å²) in [7, 11) is 1.34. The predicted molar refractivity (Wildman–Crippen MR) is 42.5 cm³/mol. The Bertz CT molecular complexity index is 280. The Kier molecular flexibility index (Phi) is 2.80. The van der Waals surface area contributed by atoms with Crippen LogP contribution in [0.3, 0.4) is 0 Å². The van der Waals surface area contributed by atoms with E-state index in [0.29, 0.717) is 0 Å². The first-order chi connectivity index (χ1) is 6.03. The number of alkyl halides is 3. The Morgan fingerprint density at radius 1 is 1.23 bits per heavy atom. The van der Waals surface area contributed by atoms with Crippen molar-refractivity contribution in [3.05, 3.63) is 36.2 Å². The molecular weight excluding hydrogens is 181 g/mol. The first-order valence-corrected chi connectivity index (χ1v) is 3.58. The largest absolute Gasteiger partial charge is 0.496 e. The summed E-state index contributed by atoms with van der Waals surface area (Å²) in [5.74, 6) is 0.222. The number of rotatable bonds is 2. The lowest BCUT2D eigenvalue weighted by Crippen LogP contribution is -2.09. The lowest BCUT2D eigenvalue weighted by Gasteiger charge is -2.09. The van der Waals surface area contributed by atoms with Gasteiger partial charge in [-0.25, -0.2) is 0 Å². The van der Waals surface area contributed by atoms with Crippen molar-refractivity contribution in [2.75, 3.05) is 7.11 Å². The van der Waals surface area contributed by atoms with Crippen LogP contribution in [0.25, 0.3) is 0 Å². The highest BCUT2D eigenvalue weighted by Crippen LogP contribution is 2.28. The van der Waals surface area contributed by atoms with E-state index in [1.165, 1.54) is 25.3 Å². The van der Waals surface area contributed by atoms with Crippen LogP contribution in [-0.4, -0.2) is 13.3 Å². The van der Waals surface area contributed by atoms with Crippen molar-refractivity contribution in [1.29, 1.82) is 0 Å². The molecule has 0 spiro atoms. The third kappa shape index (κ3) is 2.97. The number of ether oxygens (including phenoxy) is 1. The lowest BCUT2D eigenvalue weighted by molar-refractivity contribution is -0.0929. The second-order valence-electron chi connectivity index (χ2n) is 2.43. The molecule has 0 fully saturated rings. The summed E-state index contributed by atoms with van der Waals surface area (Å²) < 4.78 is 40.6. The average molecular weight is 189 g/mol. The van der Waals surface area contributed by atoms with Crippen molar-refractivity contribution in [3.63, 3.8) is 0 Å². The van der Waals surface area contributed by atoms with Crippen LogP contribution < -0.4 is 4.74 Å². The molecule has 0 saturated heterocycles. The highest BCUT2D eigenvalue weighted by atomic mass is 19.4. The summed E-state index contributed by atoms with van der Waals surface area (Å²) in [4.78, 5) is 0. The standard InChI is InChI=1S/C9H8F3O/c1-13-8-5-3-2-4-7(8)6-9(10,11)12/h2-6H,1H3. The van der Waals surface area contributed by atoms with Crippen molar-refractivity contribution in [2.24, 2.45) is 0 Å². The number of hydrogen-bond donors (Lipinski definition) is 0. The van der Waals surface area contributed by atoms with Gasteiger partial charge in [0.05, 0.1) is 13.5 Å². The van der Waals surface area contributed by atoms with Crippen LogP contribution in [0.2, 0.25) is 0 Å². The van der Waals surface area contributed by atoms with Gasteiger partial charge in [0.1, 0.15) is 5.75 Å². The molecule has 4 heteroatoms. The van der Waals surface area contributed by atoms with E-state index in [4.69, 9.17) is 4.74 Å². The molecule has 0 aliphatic carbocycles. The molecule has 13 heavy (non-hydrogen) atoms. The highest BCUT2D eigenvalue weighted by Gasteiger charge is 2.29. The zero-order valence-corrected chi connectivity index (χ0v) is 6.93. The van der Waals surface area contributed by atoms with E-state index < -0.39 is 6.18 Å². The van der Waals surface area contributed by atoms with Gasteiger partial charge >= 0.3 is 6.18 Å². The van der Waals surface area contributed by atoms with Crippen LogP contribution in [0.4, 0.5) is 13.2 Å². The van der Waals surface area contributed by atoms with Crippen LogP contribution in [0.1, 0.15) is 5.56 Å². The molecule has 71 valence electrons. The monoisotopic (exact) mass is 189 g/mol. The molecule has 1 aromatic rings. The van der Waals surface area contributed by atoms with Crippen LogP contribution >= 0.6 is 0 Å². The van der Waals surface area contributed by atoms with E-state index in [9.17, 15) is 13.2 Å². The molecule has 0 unspecified atom stereocenters. The average Bonchev–Trinajstić information content (AvgIpc) is 2.02. The van der Waals surface area contributed by atoms with Gasteiger partial charge in [-0.2, -0.15) is 13.2 Å². The number of benzene rings is 1. The fourth-order valence-electron chi connectivity index (χ4n) is 0.962. The Hall–Kier alpha value is -1.19. The number of para-hydroxylation sites is 1. The minimum absolute atomic E-state index is 0.0394. The quantitative estimate of drug-likeness (QED) is 0.695. The maximum atomic E-state index is 11.9. The summed E-state index contributed by atoms with van der Waals surface area (Å²) >= 11 is 0. The molecule has 1 radical (unpaired) electrons. The zero-order valence-electron chi connectivity index (χ0n) is 6.93. The van der Waals surface area contributed by atoms with E-state index in [2.05, 4.69) is 0 Å². The lowest BCUT2D eigenvalue weighted by atomic mass is 10.1. The topological polar surface area (TPSA) is 9.23 Å². The van der Waals surface area contributed by atoms with Gasteiger partial charge in [-0.3, -0.25) is 0 Å². The van der Waals surface area contributed by atoms with E-state index >= 15 is 0 Å². The van der Waals surface area contributed by atoms with E-state index in [0.717, 1.165) is 0 Å². The summed E-state index contributed by atoms with van der Waals surface area (Å²) in [6.07, 6.45) is -4.10. The molecule has 0 aliphatic heterocycles. The summed E-state index contributed by atoms with van der Waals surface area (Å²) in [5, 5.41) is 0. The Labute approximate surface area is 74.1 Å². The van der Waals surface area contributed by atoms with Crippen LogP contribution in [0, 0.1) is 6.42 Å². The highest BCUT2D eigenvalue weighted by molar-refractivity contribution is 5.39. The second kappa shape index (κ2) is 3.68. The molecule has 0 bridgehead atoms. The molecule has 0 aromatic heterocycles. The van der Waals surface area contributed by atoms with E-state index in [1.54, 1.807) is 6.07 Å². The fourth-order valence-corrected chi connectivity index (χ4v) is 0.962. The molecule has 1 nitrogen and oxygen atoms in total. The minimum Gasteiger partial charge on any atom is -0.496 e. The molecule has 1 rings (SSSR count). The third-order valence-corrected chi connectivity index (χ3v) is 1.46. The molecule has 0 N–H and O–H groups in total. The van der Waals surface area contributed by atoms with Crippen LogP contribution in [-0.2, 0) is 0 Å². The maximum Gasteiger partial charge on any atom is 0.396 e. The van der Waals surface area contributed by atoms with Gasteiger partial charge in [0.25, 0.3) is 0 Å². The van der Waals surface area contributed by atoms with Crippen molar-refractivity contribution in [3.8, 4) is 5.75 Å². The summed E-state index contributed by atoms with van der Waals surface area (Å²) in [5.41, 5.74) is 0.0394. The molecule has 0 atom stereocenters. The van der Waals surface area contributed by atoms with Crippen molar-refractivity contribution >= 4 is 0 Å². The van der Waals surface area contributed by atoms with Gasteiger partial charge in [0, 0.05) is 5.56 Å². The van der Waals surface area contributed by atoms with Gasteiger partial charge in [-0.15, -0.1) is 0 Å². The summed E-state index contributed by atoms with van der Waals surface area (Å²) in [6, 6.07) is 5.98. The predicted octanol–water partition coefficient (Wildman–Crippen LogP) is 2.81. The Morgan fingerprint density at radius 3 is 2.38 bits per heavy atom. The van der Waals surface area contributed by atoms with Gasteiger partial charge < -0.3 is 4.74 Å². The number of hydrogen-bond acceptors (Lipinski definition) is 1. The number of methoxy groups -OCH3 is 1. The fraction of sp³-hybridized carbons (Fsp3) is 0.222. The summed E-state index contributed by atoms with van der Waals surface area (Å²) in [6.45, 7) is 0. The van der Waals surface area contributed by atoms with Gasteiger partial charge in [-0.1, -0.05) is 18.2 Å². The molecule has 0 amide bonds. The molecule has 0 saturated carbocycles. The minimum atomic E-state index is -4.31. The van der Waals surface area contributed by atoms with E-state index in [1.807, 2.05) is 0 Å². The van der Waals surface area contributed by atoms with Gasteiger partial charge in [-0.05, 0) is 6.07 Å². The molecule has 1 aromatic carbocycles. The van der Waals surface area contributed by atoms with E-state index in [-0.39, 0.29) is 17.7 Å². The van der Waals surface area contributed by atoms with Crippen molar-refractivity contribution in [2.45, 2.75) is 6.18 Å². The van der Waals surface area contributed by atoms with Gasteiger partial charge in [0.15, 0.2) is 0 Å². The Morgan fingerprint density at radius 2 is 1.85 bits per heavy atom. The third-order valence-electron chi connectivity index (χ3n) is 1.46. The van der Waals surface area contributed by atoms with Crippen LogP contribution in [0.5, 0.6) is 5.75 Å². The Balaban J connectivity index is 2.87. The van der Waals surface area contributed by atoms with Crippen molar-refractivity contribution in [1.82, 2.24) is 0 Å². The SMILES string of the molecule is COc1ccccc1[CH]C(F)(F)F.